The van der Waals surface area contributed by atoms with Crippen LogP contribution in [0.3, 0.4) is 0 Å². The lowest BCUT2D eigenvalue weighted by molar-refractivity contribution is -0.121. The van der Waals surface area contributed by atoms with E-state index in [0.29, 0.717) is 31.6 Å². The van der Waals surface area contributed by atoms with Crippen molar-refractivity contribution in [3.8, 4) is 0 Å². The van der Waals surface area contributed by atoms with Crippen molar-refractivity contribution in [3.05, 3.63) is 47.7 Å². The second-order valence-corrected chi connectivity index (χ2v) is 8.95. The molecule has 0 radical (unpaired) electrons. The lowest BCUT2D eigenvalue weighted by atomic mass is 10.1. The smallest absolute Gasteiger partial charge is 0.246 e. The molecule has 1 aliphatic carbocycles. The Morgan fingerprint density at radius 2 is 1.85 bits per heavy atom. The molecule has 1 atom stereocenters. The lowest BCUT2D eigenvalue weighted by Gasteiger charge is -2.32. The van der Waals surface area contributed by atoms with Gasteiger partial charge in [0, 0.05) is 19.7 Å². The average Bonchev–Trinajstić information content (AvgIpc) is 3.23. The van der Waals surface area contributed by atoms with Crippen LogP contribution in [0.25, 0.3) is 0 Å². The summed E-state index contributed by atoms with van der Waals surface area (Å²) >= 11 is 0. The van der Waals surface area contributed by atoms with Crippen LogP contribution in [-0.2, 0) is 34.7 Å². The van der Waals surface area contributed by atoms with Crippen LogP contribution in [0.1, 0.15) is 24.0 Å². The molecular weight excluding hydrogens is 352 g/mol. The molecule has 0 bridgehead atoms. The fourth-order valence-corrected chi connectivity index (χ4v) is 5.48. The molecule has 0 spiro atoms. The summed E-state index contributed by atoms with van der Waals surface area (Å²) in [4.78, 5) is 14.5. The van der Waals surface area contributed by atoms with E-state index >= 15 is 0 Å². The van der Waals surface area contributed by atoms with E-state index in [1.807, 2.05) is 24.3 Å². The highest BCUT2D eigenvalue weighted by Gasteiger charge is 2.38. The van der Waals surface area contributed by atoms with Gasteiger partial charge in [-0.3, -0.25) is 14.4 Å². The fraction of sp³-hybridized carbons (Fsp3) is 0.444. The quantitative estimate of drug-likeness (QED) is 0.865. The van der Waals surface area contributed by atoms with E-state index in [9.17, 15) is 13.2 Å². The molecule has 1 amide bonds. The van der Waals surface area contributed by atoms with E-state index in [1.165, 1.54) is 0 Å². The zero-order valence-electron chi connectivity index (χ0n) is 14.6. The van der Waals surface area contributed by atoms with E-state index in [-0.39, 0.29) is 5.91 Å². The Balaban J connectivity index is 1.50. The lowest BCUT2D eigenvalue weighted by Crippen LogP contribution is -2.54. The van der Waals surface area contributed by atoms with Crippen molar-refractivity contribution in [1.82, 2.24) is 14.5 Å². The van der Waals surface area contributed by atoms with Crippen molar-refractivity contribution >= 4 is 21.7 Å². The molecule has 138 valence electrons. The summed E-state index contributed by atoms with van der Waals surface area (Å²) in [5, 5.41) is 3.58. The Morgan fingerprint density at radius 1 is 1.15 bits per heavy atom. The number of sulfonamides is 1. The molecule has 1 N–H and O–H groups in total. The summed E-state index contributed by atoms with van der Waals surface area (Å²) in [5.74, 6) is 0.478. The third-order valence-electron chi connectivity index (χ3n) is 5.27. The van der Waals surface area contributed by atoms with Gasteiger partial charge < -0.3 is 0 Å². The fourth-order valence-electron chi connectivity index (χ4n) is 3.88. The first-order valence-corrected chi connectivity index (χ1v) is 10.4. The Hall–Kier alpha value is -2.19. The highest BCUT2D eigenvalue weighted by molar-refractivity contribution is 7.90. The zero-order valence-corrected chi connectivity index (χ0v) is 15.4. The molecule has 8 heteroatoms. The number of carbonyl (C=O) groups excluding carboxylic acids is 1. The largest absolute Gasteiger partial charge is 0.296 e. The van der Waals surface area contributed by atoms with Crippen molar-refractivity contribution in [1.29, 1.82) is 0 Å². The van der Waals surface area contributed by atoms with Crippen LogP contribution >= 0.6 is 0 Å². The predicted octanol–water partition coefficient (Wildman–Crippen LogP) is 1.00. The van der Waals surface area contributed by atoms with Gasteiger partial charge in [0.05, 0.1) is 11.4 Å². The van der Waals surface area contributed by atoms with Gasteiger partial charge in [0.25, 0.3) is 0 Å². The van der Waals surface area contributed by atoms with E-state index in [1.54, 1.807) is 28.9 Å². The van der Waals surface area contributed by atoms with Crippen molar-refractivity contribution < 1.29 is 13.2 Å². The van der Waals surface area contributed by atoms with Crippen LogP contribution in [0.15, 0.2) is 36.5 Å². The second-order valence-electron chi connectivity index (χ2n) is 6.96. The topological polar surface area (TPSA) is 84.3 Å². The number of rotatable bonds is 4. The van der Waals surface area contributed by atoms with E-state index < -0.39 is 21.3 Å². The molecular formula is C18H22N4O3S. The second kappa shape index (κ2) is 6.51. The highest BCUT2D eigenvalue weighted by Crippen LogP contribution is 2.27. The summed E-state index contributed by atoms with van der Waals surface area (Å²) in [5.41, 5.74) is 2.16. The van der Waals surface area contributed by atoms with Gasteiger partial charge in [-0.25, -0.2) is 13.1 Å². The van der Waals surface area contributed by atoms with E-state index in [0.717, 1.165) is 17.5 Å². The number of piperidine rings is 1. The maximum Gasteiger partial charge on any atom is 0.246 e. The first-order chi connectivity index (χ1) is 12.5. The molecule has 2 heterocycles. The van der Waals surface area contributed by atoms with Gasteiger partial charge in [-0.2, -0.15) is 5.10 Å². The molecule has 26 heavy (non-hydrogen) atoms. The molecule has 2 aliphatic rings. The Kier molecular flexibility index (Phi) is 4.32. The zero-order chi connectivity index (χ0) is 18.3. The number of aromatic nitrogens is 2. The minimum Gasteiger partial charge on any atom is -0.296 e. The first-order valence-electron chi connectivity index (χ1n) is 8.83. The molecule has 7 nitrogen and oxygen atoms in total. The normalized spacial score (nSPS) is 21.2. The molecule has 1 saturated heterocycles. The maximum atomic E-state index is 12.9. The first kappa shape index (κ1) is 17.2. The number of amides is 1. The molecule has 1 aliphatic heterocycles. The Morgan fingerprint density at radius 3 is 2.46 bits per heavy atom. The van der Waals surface area contributed by atoms with Gasteiger partial charge in [-0.15, -0.1) is 0 Å². The summed E-state index contributed by atoms with van der Waals surface area (Å²) in [6.45, 7) is 0.575. The number of anilines is 1. The Bertz CT molecular complexity index is 912. The molecule has 0 unspecified atom stereocenters. The maximum absolute atomic E-state index is 12.9. The Labute approximate surface area is 153 Å². The third kappa shape index (κ3) is 3.03. The van der Waals surface area contributed by atoms with Crippen LogP contribution in [0.2, 0.25) is 0 Å². The van der Waals surface area contributed by atoms with Crippen molar-refractivity contribution in [2.24, 2.45) is 7.05 Å². The van der Waals surface area contributed by atoms with Crippen LogP contribution in [0, 0.1) is 0 Å². The van der Waals surface area contributed by atoms with Gasteiger partial charge >= 0.3 is 0 Å². The van der Waals surface area contributed by atoms with Crippen LogP contribution in [-0.4, -0.2) is 41.9 Å². The van der Waals surface area contributed by atoms with Gasteiger partial charge in [0.2, 0.25) is 15.9 Å². The summed E-state index contributed by atoms with van der Waals surface area (Å²) in [7, 11) is -1.81. The molecule has 1 aromatic carbocycles. The van der Waals surface area contributed by atoms with Crippen molar-refractivity contribution in [3.63, 3.8) is 0 Å². The van der Waals surface area contributed by atoms with Crippen LogP contribution < -0.4 is 9.62 Å². The van der Waals surface area contributed by atoms with Gasteiger partial charge in [-0.1, -0.05) is 24.3 Å². The van der Waals surface area contributed by atoms with Gasteiger partial charge in [0.15, 0.2) is 0 Å². The van der Waals surface area contributed by atoms with Gasteiger partial charge in [0.1, 0.15) is 11.9 Å². The SMILES string of the molecule is Cn1nccc1N1CCC[C@@H](NS(=O)(=O)C2Cc3ccccc3C2)C1=O. The van der Waals surface area contributed by atoms with E-state index in [2.05, 4.69) is 9.82 Å². The number of hydrogen-bond acceptors (Lipinski definition) is 4. The summed E-state index contributed by atoms with van der Waals surface area (Å²) in [6, 6.07) is 8.85. The van der Waals surface area contributed by atoms with Crippen molar-refractivity contribution in [2.75, 3.05) is 11.4 Å². The minimum atomic E-state index is -3.58. The number of benzene rings is 1. The average molecular weight is 374 g/mol. The number of nitrogens with one attached hydrogen (secondary N) is 1. The molecule has 1 fully saturated rings. The monoisotopic (exact) mass is 374 g/mol. The predicted molar refractivity (Wildman–Crippen MR) is 98.3 cm³/mol. The number of fused-ring (bicyclic) bond motifs is 1. The molecule has 1 aromatic heterocycles. The summed E-state index contributed by atoms with van der Waals surface area (Å²) in [6.07, 6.45) is 3.89. The molecule has 0 saturated carbocycles. The van der Waals surface area contributed by atoms with Crippen LogP contribution in [0.5, 0.6) is 0 Å². The third-order valence-corrected chi connectivity index (χ3v) is 7.09. The van der Waals surface area contributed by atoms with E-state index in [4.69, 9.17) is 0 Å². The number of carbonyl (C=O) groups is 1. The van der Waals surface area contributed by atoms with Gasteiger partial charge in [-0.05, 0) is 36.8 Å². The van der Waals surface area contributed by atoms with Crippen LogP contribution in [0.4, 0.5) is 5.82 Å². The number of nitrogens with zero attached hydrogens (tertiary/aromatic N) is 3. The summed E-state index contributed by atoms with van der Waals surface area (Å²) < 4.78 is 30.1. The van der Waals surface area contributed by atoms with Crippen molar-refractivity contribution in [2.45, 2.75) is 37.0 Å². The minimum absolute atomic E-state index is 0.209. The molecule has 2 aromatic rings. The molecule has 4 rings (SSSR count). The number of hydrogen-bond donors (Lipinski definition) is 1. The standard InChI is InChI=1S/C18H22N4O3S/c1-21-17(8-9-19-21)22-10-4-7-16(18(22)23)20-26(24,25)15-11-13-5-2-3-6-14(13)12-15/h2-3,5-6,8-9,15-16,20H,4,7,10-12H2,1H3/t16-/m1/s1. The number of aryl methyl sites for hydroxylation is 1. The highest BCUT2D eigenvalue weighted by atomic mass is 32.2.